The Bertz CT molecular complexity index is 590. The topological polar surface area (TPSA) is 67.8 Å². The molecule has 21 heavy (non-hydrogen) atoms. The maximum Gasteiger partial charge on any atom is 0.341 e. The molecule has 1 aliphatic rings. The van der Waals surface area contributed by atoms with Crippen molar-refractivity contribution < 1.29 is 14.3 Å². The van der Waals surface area contributed by atoms with Crippen molar-refractivity contribution in [3.8, 4) is 0 Å². The van der Waals surface area contributed by atoms with Crippen LogP contribution in [-0.2, 0) is 9.53 Å². The number of esters is 1. The van der Waals surface area contributed by atoms with Crippen LogP contribution in [0.5, 0.6) is 0 Å². The molecule has 1 aromatic carbocycles. The minimum Gasteiger partial charge on any atom is -0.461 e. The monoisotopic (exact) mass is 286 g/mol. The Kier molecular flexibility index (Phi) is 4.52. The van der Waals surface area contributed by atoms with Gasteiger partial charge in [0, 0.05) is 5.71 Å². The third-order valence-corrected chi connectivity index (χ3v) is 3.37. The van der Waals surface area contributed by atoms with E-state index in [0.29, 0.717) is 5.71 Å². The molecule has 2 rings (SSSR count). The van der Waals surface area contributed by atoms with Crippen LogP contribution in [0.3, 0.4) is 0 Å². The van der Waals surface area contributed by atoms with Crippen LogP contribution in [-0.4, -0.2) is 24.3 Å². The van der Waals surface area contributed by atoms with E-state index in [1.54, 1.807) is 6.92 Å². The van der Waals surface area contributed by atoms with Gasteiger partial charge in [-0.05, 0) is 19.4 Å². The number of amides is 2. The lowest BCUT2D eigenvalue weighted by atomic mass is 9.88. The summed E-state index contributed by atoms with van der Waals surface area (Å²) in [5, 5.41) is 2.74. The van der Waals surface area contributed by atoms with E-state index >= 15 is 0 Å². The second-order valence-electron chi connectivity index (χ2n) is 4.99. The second-order valence-corrected chi connectivity index (χ2v) is 4.99. The van der Waals surface area contributed by atoms with Crippen LogP contribution in [0.15, 0.2) is 41.9 Å². The van der Waals surface area contributed by atoms with E-state index in [-0.39, 0.29) is 6.61 Å². The molecule has 0 saturated heterocycles. The maximum atomic E-state index is 12.2. The number of carbonyl (C=O) groups is 2. The quantitative estimate of drug-likeness (QED) is 0.683. The van der Waals surface area contributed by atoms with Crippen molar-refractivity contribution in [1.82, 2.24) is 5.32 Å². The van der Waals surface area contributed by atoms with E-state index < -0.39 is 24.0 Å². The van der Waals surface area contributed by atoms with E-state index in [1.807, 2.05) is 31.2 Å². The summed E-state index contributed by atoms with van der Waals surface area (Å²) >= 11 is 0. The van der Waals surface area contributed by atoms with Gasteiger partial charge in [-0.15, -0.1) is 0 Å². The van der Waals surface area contributed by atoms with Crippen LogP contribution in [0.2, 0.25) is 0 Å². The Balaban J connectivity index is 2.33. The standard InChI is InChI=1S/C16H18N2O3/c1-4-9-21-15(19)13-11(3)17-16(20)18-14(13)12-7-5-10(2)6-8-12/h4-8,13-14H,1,9H2,2-3H3,(H,18,20). The number of rotatable bonds is 4. The third kappa shape index (κ3) is 3.37. The fourth-order valence-corrected chi connectivity index (χ4v) is 2.31. The molecule has 1 aliphatic heterocycles. The number of nitrogens with zero attached hydrogens (tertiary/aromatic N) is 1. The van der Waals surface area contributed by atoms with Crippen LogP contribution in [0, 0.1) is 12.8 Å². The average Bonchev–Trinajstić information content (AvgIpc) is 2.44. The Morgan fingerprint density at radius 1 is 1.38 bits per heavy atom. The number of hydrogen-bond acceptors (Lipinski definition) is 3. The van der Waals surface area contributed by atoms with Crippen molar-refractivity contribution in [2.75, 3.05) is 6.61 Å². The van der Waals surface area contributed by atoms with Gasteiger partial charge in [-0.3, -0.25) is 4.79 Å². The van der Waals surface area contributed by atoms with Crippen molar-refractivity contribution in [1.29, 1.82) is 0 Å². The second kappa shape index (κ2) is 6.35. The SMILES string of the molecule is C=CCOC(=O)C1C(C)=NC(=O)NC1c1ccc(C)cc1. The van der Waals surface area contributed by atoms with Gasteiger partial charge < -0.3 is 10.1 Å². The number of ether oxygens (including phenoxy) is 1. The number of urea groups is 1. The van der Waals surface area contributed by atoms with E-state index in [9.17, 15) is 9.59 Å². The third-order valence-electron chi connectivity index (χ3n) is 3.37. The van der Waals surface area contributed by atoms with Crippen LogP contribution >= 0.6 is 0 Å². The molecular weight excluding hydrogens is 268 g/mol. The summed E-state index contributed by atoms with van der Waals surface area (Å²) in [4.78, 5) is 27.7. The Morgan fingerprint density at radius 2 is 2.05 bits per heavy atom. The molecule has 0 aromatic heterocycles. The zero-order valence-corrected chi connectivity index (χ0v) is 12.1. The van der Waals surface area contributed by atoms with E-state index in [4.69, 9.17) is 4.74 Å². The molecular formula is C16H18N2O3. The number of nitrogens with one attached hydrogen (secondary N) is 1. The highest BCUT2D eigenvalue weighted by atomic mass is 16.5. The summed E-state index contributed by atoms with van der Waals surface area (Å²) in [6, 6.07) is 6.77. The predicted molar refractivity (Wildman–Crippen MR) is 80.2 cm³/mol. The first-order chi connectivity index (χ1) is 10.0. The van der Waals surface area contributed by atoms with Gasteiger partial charge in [-0.1, -0.05) is 42.5 Å². The molecule has 0 radical (unpaired) electrons. The zero-order valence-electron chi connectivity index (χ0n) is 12.1. The first kappa shape index (κ1) is 15.0. The molecule has 110 valence electrons. The molecule has 1 heterocycles. The van der Waals surface area contributed by atoms with Gasteiger partial charge in [-0.25, -0.2) is 9.79 Å². The Morgan fingerprint density at radius 3 is 2.67 bits per heavy atom. The van der Waals surface area contributed by atoms with Gasteiger partial charge in [0.1, 0.15) is 12.5 Å². The summed E-state index contributed by atoms with van der Waals surface area (Å²) in [6.07, 6.45) is 1.51. The van der Waals surface area contributed by atoms with Crippen molar-refractivity contribution in [3.05, 3.63) is 48.0 Å². The van der Waals surface area contributed by atoms with Crippen molar-refractivity contribution in [2.45, 2.75) is 19.9 Å². The number of carbonyl (C=O) groups excluding carboxylic acids is 2. The van der Waals surface area contributed by atoms with Gasteiger partial charge in [0.25, 0.3) is 0 Å². The van der Waals surface area contributed by atoms with Gasteiger partial charge in [0.05, 0.1) is 6.04 Å². The highest BCUT2D eigenvalue weighted by molar-refractivity contribution is 6.08. The number of aliphatic imine (C=N–C) groups is 1. The Labute approximate surface area is 123 Å². The van der Waals surface area contributed by atoms with Crippen molar-refractivity contribution in [3.63, 3.8) is 0 Å². The van der Waals surface area contributed by atoms with E-state index in [2.05, 4.69) is 16.9 Å². The lowest BCUT2D eigenvalue weighted by Crippen LogP contribution is -2.44. The molecule has 5 heteroatoms. The summed E-state index contributed by atoms with van der Waals surface area (Å²) in [5.74, 6) is -1.04. The van der Waals surface area contributed by atoms with Crippen LogP contribution < -0.4 is 5.32 Å². The minimum absolute atomic E-state index is 0.136. The minimum atomic E-state index is -0.620. The Hall–Kier alpha value is -2.43. The molecule has 0 aliphatic carbocycles. The number of benzene rings is 1. The highest BCUT2D eigenvalue weighted by Crippen LogP contribution is 2.28. The highest BCUT2D eigenvalue weighted by Gasteiger charge is 2.37. The van der Waals surface area contributed by atoms with Crippen LogP contribution in [0.25, 0.3) is 0 Å². The summed E-state index contributed by atoms with van der Waals surface area (Å²) in [7, 11) is 0. The molecule has 1 aromatic rings. The molecule has 0 fully saturated rings. The fraction of sp³-hybridized carbons (Fsp3) is 0.312. The zero-order chi connectivity index (χ0) is 15.4. The summed E-state index contributed by atoms with van der Waals surface area (Å²) < 4.78 is 5.12. The average molecular weight is 286 g/mol. The van der Waals surface area contributed by atoms with Crippen molar-refractivity contribution >= 4 is 17.7 Å². The number of hydrogen-bond donors (Lipinski definition) is 1. The fourth-order valence-electron chi connectivity index (χ4n) is 2.31. The van der Waals surface area contributed by atoms with Gasteiger partial charge in [-0.2, -0.15) is 0 Å². The van der Waals surface area contributed by atoms with Gasteiger partial charge in [0.15, 0.2) is 0 Å². The van der Waals surface area contributed by atoms with Gasteiger partial charge in [0.2, 0.25) is 0 Å². The van der Waals surface area contributed by atoms with Crippen LogP contribution in [0.4, 0.5) is 4.79 Å². The normalized spacial score (nSPS) is 21.2. The molecule has 2 atom stereocenters. The first-order valence-corrected chi connectivity index (χ1v) is 6.72. The molecule has 2 amide bonds. The van der Waals surface area contributed by atoms with Gasteiger partial charge >= 0.3 is 12.0 Å². The predicted octanol–water partition coefficient (Wildman–Crippen LogP) is 2.57. The van der Waals surface area contributed by atoms with Crippen LogP contribution in [0.1, 0.15) is 24.1 Å². The molecule has 2 unspecified atom stereocenters. The largest absolute Gasteiger partial charge is 0.461 e. The summed E-state index contributed by atoms with van der Waals surface area (Å²) in [5.41, 5.74) is 2.42. The van der Waals surface area contributed by atoms with E-state index in [1.165, 1.54) is 6.08 Å². The lowest BCUT2D eigenvalue weighted by molar-refractivity contribution is -0.145. The van der Waals surface area contributed by atoms with Crippen molar-refractivity contribution in [2.24, 2.45) is 10.9 Å². The molecule has 5 nitrogen and oxygen atoms in total. The first-order valence-electron chi connectivity index (χ1n) is 6.72. The van der Waals surface area contributed by atoms with E-state index in [0.717, 1.165) is 11.1 Å². The smallest absolute Gasteiger partial charge is 0.341 e. The molecule has 1 N–H and O–H groups in total. The molecule has 0 bridgehead atoms. The maximum absolute atomic E-state index is 12.2. The molecule has 0 spiro atoms. The number of aryl methyl sites for hydroxylation is 1. The lowest BCUT2D eigenvalue weighted by Gasteiger charge is -2.29. The molecule has 0 saturated carbocycles. The summed E-state index contributed by atoms with van der Waals surface area (Å²) in [6.45, 7) is 7.30.